The summed E-state index contributed by atoms with van der Waals surface area (Å²) in [5, 5.41) is 5.70. The van der Waals surface area contributed by atoms with Crippen LogP contribution in [0.3, 0.4) is 0 Å². The molecule has 0 aliphatic heterocycles. The highest BCUT2D eigenvalue weighted by Gasteiger charge is 2.06. The highest BCUT2D eigenvalue weighted by Crippen LogP contribution is 2.29. The third-order valence-corrected chi connectivity index (χ3v) is 4.58. The Morgan fingerprint density at radius 2 is 1.48 bits per heavy atom. The van der Waals surface area contributed by atoms with Gasteiger partial charge in [0.15, 0.2) is 11.5 Å². The Morgan fingerprint density at radius 1 is 0.828 bits per heavy atom. The van der Waals surface area contributed by atoms with Gasteiger partial charge in [-0.2, -0.15) is 5.10 Å². The van der Waals surface area contributed by atoms with Crippen LogP contribution < -0.4 is 14.9 Å². The van der Waals surface area contributed by atoms with Crippen molar-refractivity contribution in [3.63, 3.8) is 0 Å². The van der Waals surface area contributed by atoms with Crippen molar-refractivity contribution in [2.24, 2.45) is 5.10 Å². The second kappa shape index (κ2) is 10.7. The second-order valence-corrected chi connectivity index (χ2v) is 7.15. The highest BCUT2D eigenvalue weighted by atomic mass is 35.5. The van der Waals surface area contributed by atoms with Crippen molar-refractivity contribution >= 4 is 29.4 Å². The summed E-state index contributed by atoms with van der Waals surface area (Å²) < 4.78 is 11.7. The van der Waals surface area contributed by atoms with E-state index in [4.69, 9.17) is 32.7 Å². The fraction of sp³-hybridized carbons (Fsp3) is 0.174. The first-order chi connectivity index (χ1) is 14.1. The van der Waals surface area contributed by atoms with E-state index >= 15 is 0 Å². The molecule has 0 fully saturated rings. The Balaban J connectivity index is 1.60. The van der Waals surface area contributed by atoms with Crippen molar-refractivity contribution < 1.29 is 9.47 Å². The average Bonchev–Trinajstić information content (AvgIpc) is 2.73. The lowest BCUT2D eigenvalue weighted by Gasteiger charge is -2.12. The lowest BCUT2D eigenvalue weighted by atomic mass is 10.2. The second-order valence-electron chi connectivity index (χ2n) is 6.27. The monoisotopic (exact) mass is 428 g/mol. The summed E-state index contributed by atoms with van der Waals surface area (Å²) >= 11 is 11.8. The number of halogens is 2. The Hall–Kier alpha value is -2.69. The summed E-state index contributed by atoms with van der Waals surface area (Å²) in [6.45, 7) is 3.55. The molecule has 0 saturated heterocycles. The van der Waals surface area contributed by atoms with Gasteiger partial charge in [-0.05, 0) is 66.1 Å². The maximum atomic E-state index is 5.92. The highest BCUT2D eigenvalue weighted by molar-refractivity contribution is 6.30. The SMILES string of the molecule is CCOc1cc(/C=N\NCc2ccc(Cl)cc2)ccc1OCc1ccc(Cl)cc1. The number of ether oxygens (including phenoxy) is 2. The minimum atomic E-state index is 0.438. The third-order valence-electron chi connectivity index (χ3n) is 4.08. The Morgan fingerprint density at radius 3 is 2.14 bits per heavy atom. The summed E-state index contributed by atoms with van der Waals surface area (Å²) in [4.78, 5) is 0. The zero-order chi connectivity index (χ0) is 20.5. The Labute approximate surface area is 181 Å². The van der Waals surface area contributed by atoms with Crippen LogP contribution in [0.5, 0.6) is 11.5 Å². The Bertz CT molecular complexity index is 942. The number of benzene rings is 3. The molecular weight excluding hydrogens is 407 g/mol. The topological polar surface area (TPSA) is 42.8 Å². The third kappa shape index (κ3) is 6.70. The van der Waals surface area contributed by atoms with Crippen molar-refractivity contribution in [3.8, 4) is 11.5 Å². The summed E-state index contributed by atoms with van der Waals surface area (Å²) in [6.07, 6.45) is 1.75. The first-order valence-corrected chi connectivity index (χ1v) is 10.0. The number of hydrogen-bond acceptors (Lipinski definition) is 4. The normalized spacial score (nSPS) is 10.9. The molecule has 6 heteroatoms. The molecule has 0 aromatic heterocycles. The van der Waals surface area contributed by atoms with Crippen LogP contribution in [0.15, 0.2) is 71.8 Å². The van der Waals surface area contributed by atoms with Gasteiger partial charge in [-0.15, -0.1) is 0 Å². The molecule has 1 N–H and O–H groups in total. The molecule has 0 atom stereocenters. The smallest absolute Gasteiger partial charge is 0.161 e. The largest absolute Gasteiger partial charge is 0.490 e. The van der Waals surface area contributed by atoms with Gasteiger partial charge in [-0.1, -0.05) is 47.5 Å². The average molecular weight is 429 g/mol. The van der Waals surface area contributed by atoms with E-state index in [1.54, 1.807) is 6.21 Å². The van der Waals surface area contributed by atoms with Crippen molar-refractivity contribution in [2.45, 2.75) is 20.1 Å². The van der Waals surface area contributed by atoms with E-state index in [1.807, 2.05) is 73.7 Å². The quantitative estimate of drug-likeness (QED) is 0.330. The minimum Gasteiger partial charge on any atom is -0.490 e. The van der Waals surface area contributed by atoms with Gasteiger partial charge in [0.25, 0.3) is 0 Å². The van der Waals surface area contributed by atoms with Crippen LogP contribution in [-0.2, 0) is 13.2 Å². The maximum Gasteiger partial charge on any atom is 0.161 e. The van der Waals surface area contributed by atoms with Gasteiger partial charge in [0, 0.05) is 10.0 Å². The van der Waals surface area contributed by atoms with Gasteiger partial charge in [0.1, 0.15) is 6.61 Å². The minimum absolute atomic E-state index is 0.438. The van der Waals surface area contributed by atoms with Crippen LogP contribution in [0.25, 0.3) is 0 Å². The lowest BCUT2D eigenvalue weighted by molar-refractivity contribution is 0.269. The van der Waals surface area contributed by atoms with Crippen LogP contribution >= 0.6 is 23.2 Å². The van der Waals surface area contributed by atoms with Crippen LogP contribution in [0.1, 0.15) is 23.6 Å². The van der Waals surface area contributed by atoms with E-state index in [-0.39, 0.29) is 0 Å². The first-order valence-electron chi connectivity index (χ1n) is 9.28. The Kier molecular flexibility index (Phi) is 7.79. The van der Waals surface area contributed by atoms with Crippen LogP contribution in [0.4, 0.5) is 0 Å². The van der Waals surface area contributed by atoms with Crippen LogP contribution in [0.2, 0.25) is 10.0 Å². The van der Waals surface area contributed by atoms with E-state index in [0.29, 0.717) is 36.3 Å². The zero-order valence-corrected chi connectivity index (χ0v) is 17.6. The summed E-state index contributed by atoms with van der Waals surface area (Å²) in [5.41, 5.74) is 6.08. The van der Waals surface area contributed by atoms with E-state index in [9.17, 15) is 0 Å². The molecule has 0 spiro atoms. The maximum absolute atomic E-state index is 5.92. The predicted octanol–water partition coefficient (Wildman–Crippen LogP) is 6.09. The van der Waals surface area contributed by atoms with E-state index in [2.05, 4.69) is 10.5 Å². The molecule has 3 rings (SSSR count). The first kappa shape index (κ1) is 21.0. The summed E-state index contributed by atoms with van der Waals surface area (Å²) in [5.74, 6) is 1.37. The molecule has 0 heterocycles. The molecule has 29 heavy (non-hydrogen) atoms. The van der Waals surface area contributed by atoms with E-state index in [0.717, 1.165) is 21.7 Å². The molecule has 3 aromatic carbocycles. The lowest BCUT2D eigenvalue weighted by Crippen LogP contribution is -2.05. The number of rotatable bonds is 9. The van der Waals surface area contributed by atoms with Gasteiger partial charge in [0.2, 0.25) is 0 Å². The molecule has 0 aliphatic carbocycles. The van der Waals surface area contributed by atoms with E-state index < -0.39 is 0 Å². The predicted molar refractivity (Wildman–Crippen MR) is 119 cm³/mol. The molecule has 3 aromatic rings. The van der Waals surface area contributed by atoms with Crippen LogP contribution in [0, 0.1) is 0 Å². The number of hydrogen-bond donors (Lipinski definition) is 1. The number of hydrazone groups is 1. The van der Waals surface area contributed by atoms with Gasteiger partial charge in [-0.3, -0.25) is 0 Å². The molecular formula is C23H22Cl2N2O2. The molecule has 0 saturated carbocycles. The number of nitrogens with zero attached hydrogens (tertiary/aromatic N) is 1. The fourth-order valence-corrected chi connectivity index (χ4v) is 2.85. The molecule has 0 bridgehead atoms. The van der Waals surface area contributed by atoms with Gasteiger partial charge in [0.05, 0.1) is 19.4 Å². The summed E-state index contributed by atoms with van der Waals surface area (Å²) in [6, 6.07) is 21.0. The zero-order valence-electron chi connectivity index (χ0n) is 16.1. The fourth-order valence-electron chi connectivity index (χ4n) is 2.59. The van der Waals surface area contributed by atoms with Crippen molar-refractivity contribution in [1.29, 1.82) is 0 Å². The van der Waals surface area contributed by atoms with Crippen molar-refractivity contribution in [2.75, 3.05) is 6.61 Å². The van der Waals surface area contributed by atoms with Gasteiger partial charge in [-0.25, -0.2) is 0 Å². The van der Waals surface area contributed by atoms with Gasteiger partial charge >= 0.3 is 0 Å². The molecule has 0 unspecified atom stereocenters. The molecule has 150 valence electrons. The number of nitrogens with one attached hydrogen (secondary N) is 1. The molecule has 0 amide bonds. The van der Waals surface area contributed by atoms with Crippen molar-refractivity contribution in [1.82, 2.24) is 5.43 Å². The molecule has 4 nitrogen and oxygen atoms in total. The summed E-state index contributed by atoms with van der Waals surface area (Å²) in [7, 11) is 0. The molecule has 0 aliphatic rings. The van der Waals surface area contributed by atoms with E-state index in [1.165, 1.54) is 0 Å². The van der Waals surface area contributed by atoms with Gasteiger partial charge < -0.3 is 14.9 Å². The standard InChI is InChI=1S/C23H22Cl2N2O2/c1-2-28-23-13-19(15-27-26-14-17-3-8-20(24)9-4-17)7-12-22(23)29-16-18-5-10-21(25)11-6-18/h3-13,15,26H,2,14,16H2,1H3/b27-15-. The van der Waals surface area contributed by atoms with Crippen molar-refractivity contribution in [3.05, 3.63) is 93.5 Å². The molecule has 0 radical (unpaired) electrons. The van der Waals surface area contributed by atoms with Crippen LogP contribution in [-0.4, -0.2) is 12.8 Å².